The van der Waals surface area contributed by atoms with Gasteiger partial charge in [-0.3, -0.25) is 4.99 Å². The fourth-order valence-electron chi connectivity index (χ4n) is 1.78. The predicted molar refractivity (Wildman–Crippen MR) is 80.1 cm³/mol. The minimum absolute atomic E-state index is 0.219. The van der Waals surface area contributed by atoms with E-state index >= 15 is 0 Å². The van der Waals surface area contributed by atoms with Crippen molar-refractivity contribution in [2.75, 3.05) is 24.3 Å². The van der Waals surface area contributed by atoms with Crippen LogP contribution in [0, 0.1) is 5.41 Å². The maximum atomic E-state index is 11.0. The molecule has 1 atom stereocenters. The Morgan fingerprint density at radius 3 is 2.67 bits per heavy atom. The Bertz CT molecular complexity index is 397. The Labute approximate surface area is 115 Å². The van der Waals surface area contributed by atoms with E-state index in [0.29, 0.717) is 19.0 Å². The van der Waals surface area contributed by atoms with Crippen LogP contribution in [0.2, 0.25) is 0 Å². The van der Waals surface area contributed by atoms with Gasteiger partial charge in [0, 0.05) is 24.6 Å². The van der Waals surface area contributed by atoms with E-state index in [1.165, 1.54) is 6.26 Å². The summed E-state index contributed by atoms with van der Waals surface area (Å²) >= 11 is 1.73. The van der Waals surface area contributed by atoms with Crippen LogP contribution in [-0.2, 0) is 9.84 Å². The summed E-state index contributed by atoms with van der Waals surface area (Å²) < 4.78 is 22.0. The van der Waals surface area contributed by atoms with Crippen molar-refractivity contribution in [3.05, 3.63) is 0 Å². The lowest BCUT2D eigenvalue weighted by molar-refractivity contribution is 0.290. The summed E-state index contributed by atoms with van der Waals surface area (Å²) in [6.45, 7) is 7.26. The molecule has 0 aromatic heterocycles. The molecule has 4 nitrogen and oxygen atoms in total. The molecule has 1 N–H and O–H groups in total. The molecule has 6 heteroatoms. The van der Waals surface area contributed by atoms with Crippen LogP contribution in [0.4, 0.5) is 0 Å². The Kier molecular flexibility index (Phi) is 5.52. The molecule has 1 aliphatic heterocycles. The Morgan fingerprint density at radius 1 is 1.44 bits per heavy atom. The molecule has 0 aliphatic carbocycles. The molecule has 1 unspecified atom stereocenters. The number of nitrogens with zero attached hydrogens (tertiary/aromatic N) is 1. The summed E-state index contributed by atoms with van der Waals surface area (Å²) in [5, 5.41) is 4.42. The number of amidine groups is 1. The van der Waals surface area contributed by atoms with Crippen LogP contribution in [0.1, 0.15) is 33.6 Å². The van der Waals surface area contributed by atoms with E-state index in [4.69, 9.17) is 0 Å². The average molecular weight is 292 g/mol. The van der Waals surface area contributed by atoms with Gasteiger partial charge in [0.1, 0.15) is 9.84 Å². The molecule has 0 saturated carbocycles. The fourth-order valence-corrected chi connectivity index (χ4v) is 3.39. The fraction of sp³-hybridized carbons (Fsp3) is 0.917. The normalized spacial score (nSPS) is 24.0. The van der Waals surface area contributed by atoms with Crippen molar-refractivity contribution in [3.8, 4) is 0 Å². The van der Waals surface area contributed by atoms with Crippen molar-refractivity contribution >= 4 is 26.8 Å². The van der Waals surface area contributed by atoms with E-state index in [2.05, 4.69) is 31.1 Å². The molecule has 1 fully saturated rings. The zero-order valence-corrected chi connectivity index (χ0v) is 13.3. The lowest BCUT2D eigenvalue weighted by atomic mass is 9.85. The second-order valence-electron chi connectivity index (χ2n) is 5.87. The van der Waals surface area contributed by atoms with Gasteiger partial charge in [0.2, 0.25) is 0 Å². The van der Waals surface area contributed by atoms with Crippen molar-refractivity contribution < 1.29 is 8.42 Å². The second-order valence-corrected chi connectivity index (χ2v) is 9.21. The van der Waals surface area contributed by atoms with Gasteiger partial charge < -0.3 is 5.32 Å². The number of aliphatic imine (C=N–C) groups is 1. The number of hydrogen-bond acceptors (Lipinski definition) is 4. The average Bonchev–Trinajstić information content (AvgIpc) is 2.22. The number of rotatable bonds is 4. The van der Waals surface area contributed by atoms with Gasteiger partial charge in [-0.2, -0.15) is 0 Å². The molecule has 0 aromatic carbocycles. The second kappa shape index (κ2) is 6.28. The Morgan fingerprint density at radius 2 is 2.11 bits per heavy atom. The largest absolute Gasteiger partial charge is 0.362 e. The topological polar surface area (TPSA) is 58.5 Å². The molecule has 0 aromatic rings. The Balaban J connectivity index is 2.42. The molecule has 0 amide bonds. The van der Waals surface area contributed by atoms with E-state index in [1.807, 2.05) is 0 Å². The van der Waals surface area contributed by atoms with Crippen molar-refractivity contribution in [2.24, 2.45) is 10.4 Å². The molecule has 1 heterocycles. The number of thioether (sulfide) groups is 1. The van der Waals surface area contributed by atoms with Crippen molar-refractivity contribution in [1.82, 2.24) is 5.32 Å². The smallest absolute Gasteiger partial charge is 0.156 e. The van der Waals surface area contributed by atoms with E-state index < -0.39 is 9.84 Å². The first-order valence-corrected chi connectivity index (χ1v) is 9.34. The van der Waals surface area contributed by atoms with Gasteiger partial charge in [-0.25, -0.2) is 8.42 Å². The quantitative estimate of drug-likeness (QED) is 0.804. The van der Waals surface area contributed by atoms with Gasteiger partial charge >= 0.3 is 0 Å². The summed E-state index contributed by atoms with van der Waals surface area (Å²) in [4.78, 5) is 4.45. The lowest BCUT2D eigenvalue weighted by Crippen LogP contribution is -2.46. The SMILES string of the molecule is CC(C)(C)C1CCSC(=NCCCS(C)(=O)=O)N1. The molecular formula is C12H24N2O2S2. The van der Waals surface area contributed by atoms with Crippen LogP contribution in [0.3, 0.4) is 0 Å². The van der Waals surface area contributed by atoms with Crippen LogP contribution in [0.15, 0.2) is 4.99 Å². The zero-order valence-electron chi connectivity index (χ0n) is 11.7. The molecule has 0 bridgehead atoms. The van der Waals surface area contributed by atoms with Crippen LogP contribution in [-0.4, -0.2) is 43.9 Å². The summed E-state index contributed by atoms with van der Waals surface area (Å²) in [7, 11) is -2.86. The highest BCUT2D eigenvalue weighted by atomic mass is 32.2. The first-order valence-electron chi connectivity index (χ1n) is 6.30. The standard InChI is InChI=1S/C12H24N2O2S2/c1-12(2,3)10-6-8-17-11(14-10)13-7-5-9-18(4,15)16/h10H,5-9H2,1-4H3,(H,13,14). The summed E-state index contributed by atoms with van der Waals surface area (Å²) in [5.41, 5.74) is 0.231. The van der Waals surface area contributed by atoms with Crippen LogP contribution < -0.4 is 5.32 Å². The van der Waals surface area contributed by atoms with Gasteiger partial charge in [0.15, 0.2) is 5.17 Å². The number of nitrogens with one attached hydrogen (secondary N) is 1. The summed E-state index contributed by atoms with van der Waals surface area (Å²) in [6.07, 6.45) is 3.02. The third-order valence-electron chi connectivity index (χ3n) is 2.92. The van der Waals surface area contributed by atoms with E-state index in [-0.39, 0.29) is 11.2 Å². The maximum Gasteiger partial charge on any atom is 0.156 e. The Hall–Kier alpha value is -0.230. The molecule has 0 spiro atoms. The first kappa shape index (κ1) is 15.8. The van der Waals surface area contributed by atoms with Crippen LogP contribution >= 0.6 is 11.8 Å². The molecule has 18 heavy (non-hydrogen) atoms. The van der Waals surface area contributed by atoms with Gasteiger partial charge in [-0.15, -0.1) is 0 Å². The molecule has 1 rings (SSSR count). The van der Waals surface area contributed by atoms with Crippen LogP contribution in [0.5, 0.6) is 0 Å². The minimum atomic E-state index is -2.86. The summed E-state index contributed by atoms with van der Waals surface area (Å²) in [5.74, 6) is 1.30. The molecule has 1 aliphatic rings. The number of hydrogen-bond donors (Lipinski definition) is 1. The highest BCUT2D eigenvalue weighted by Crippen LogP contribution is 2.27. The van der Waals surface area contributed by atoms with Crippen molar-refractivity contribution in [1.29, 1.82) is 0 Å². The maximum absolute atomic E-state index is 11.0. The van der Waals surface area contributed by atoms with Gasteiger partial charge in [0.05, 0.1) is 5.75 Å². The highest BCUT2D eigenvalue weighted by Gasteiger charge is 2.28. The molecule has 0 radical (unpaired) electrons. The monoisotopic (exact) mass is 292 g/mol. The first-order chi connectivity index (χ1) is 8.18. The number of sulfone groups is 1. The van der Waals surface area contributed by atoms with E-state index in [9.17, 15) is 8.42 Å². The van der Waals surface area contributed by atoms with Crippen molar-refractivity contribution in [3.63, 3.8) is 0 Å². The molecule has 1 saturated heterocycles. The van der Waals surface area contributed by atoms with Crippen molar-refractivity contribution in [2.45, 2.75) is 39.7 Å². The van der Waals surface area contributed by atoms with Gasteiger partial charge in [-0.05, 0) is 18.3 Å². The lowest BCUT2D eigenvalue weighted by Gasteiger charge is -2.35. The zero-order chi connectivity index (χ0) is 13.8. The third kappa shape index (κ3) is 6.09. The third-order valence-corrected chi connectivity index (χ3v) is 4.91. The van der Waals surface area contributed by atoms with Crippen LogP contribution in [0.25, 0.3) is 0 Å². The molecule has 106 valence electrons. The molecular weight excluding hydrogens is 268 g/mol. The predicted octanol–water partition coefficient (Wildman–Crippen LogP) is 1.92. The van der Waals surface area contributed by atoms with Gasteiger partial charge in [0.25, 0.3) is 0 Å². The summed E-state index contributed by atoms with van der Waals surface area (Å²) in [6, 6.07) is 0.451. The highest BCUT2D eigenvalue weighted by molar-refractivity contribution is 8.13. The van der Waals surface area contributed by atoms with E-state index in [1.54, 1.807) is 11.8 Å². The van der Waals surface area contributed by atoms with Gasteiger partial charge in [-0.1, -0.05) is 32.5 Å². The van der Waals surface area contributed by atoms with E-state index in [0.717, 1.165) is 17.3 Å². The minimum Gasteiger partial charge on any atom is -0.362 e.